The summed E-state index contributed by atoms with van der Waals surface area (Å²) in [6.07, 6.45) is 0.832. The van der Waals surface area contributed by atoms with Gasteiger partial charge < -0.3 is 0 Å². The van der Waals surface area contributed by atoms with Crippen molar-refractivity contribution < 1.29 is 0 Å². The summed E-state index contributed by atoms with van der Waals surface area (Å²) >= 11 is 12.1. The van der Waals surface area contributed by atoms with Crippen LogP contribution in [0.2, 0.25) is 10.0 Å². The Kier molecular flexibility index (Phi) is 4.48. The van der Waals surface area contributed by atoms with Crippen molar-refractivity contribution in [2.24, 2.45) is 5.10 Å². The van der Waals surface area contributed by atoms with Crippen LogP contribution < -0.4 is 5.01 Å². The maximum atomic E-state index is 6.06. The van der Waals surface area contributed by atoms with Crippen molar-refractivity contribution in [3.63, 3.8) is 0 Å². The first-order valence-electron chi connectivity index (χ1n) is 8.14. The summed E-state index contributed by atoms with van der Waals surface area (Å²) in [5.41, 5.74) is 4.43. The van der Waals surface area contributed by atoms with E-state index in [1.807, 2.05) is 54.6 Å². The summed E-state index contributed by atoms with van der Waals surface area (Å²) in [6, 6.07) is 26.2. The Labute approximate surface area is 157 Å². The van der Waals surface area contributed by atoms with E-state index in [1.165, 1.54) is 5.56 Å². The summed E-state index contributed by atoms with van der Waals surface area (Å²) in [5, 5.41) is 8.48. The van der Waals surface area contributed by atoms with Crippen molar-refractivity contribution >= 4 is 34.6 Å². The Hall–Kier alpha value is -2.29. The van der Waals surface area contributed by atoms with Crippen LogP contribution in [0.5, 0.6) is 0 Å². The number of hydrazone groups is 1. The van der Waals surface area contributed by atoms with Crippen LogP contribution in [0.1, 0.15) is 23.6 Å². The van der Waals surface area contributed by atoms with Gasteiger partial charge in [-0.3, -0.25) is 5.01 Å². The van der Waals surface area contributed by atoms with E-state index in [4.69, 9.17) is 28.3 Å². The van der Waals surface area contributed by atoms with Gasteiger partial charge in [0.2, 0.25) is 0 Å². The monoisotopic (exact) mass is 366 g/mol. The molecule has 3 aromatic rings. The molecule has 0 radical (unpaired) electrons. The lowest BCUT2D eigenvalue weighted by molar-refractivity contribution is 0.709. The minimum Gasteiger partial charge on any atom is -0.257 e. The molecular formula is C21H16Cl2N2. The molecule has 1 aliphatic heterocycles. The van der Waals surface area contributed by atoms with Crippen LogP contribution in [0, 0.1) is 0 Å². The summed E-state index contributed by atoms with van der Waals surface area (Å²) in [7, 11) is 0. The van der Waals surface area contributed by atoms with Gasteiger partial charge in [-0.15, -0.1) is 0 Å². The molecule has 2 nitrogen and oxygen atoms in total. The highest BCUT2D eigenvalue weighted by molar-refractivity contribution is 6.31. The zero-order chi connectivity index (χ0) is 17.2. The molecule has 0 aliphatic carbocycles. The van der Waals surface area contributed by atoms with Crippen LogP contribution in [0.3, 0.4) is 0 Å². The van der Waals surface area contributed by atoms with Crippen LogP contribution >= 0.6 is 23.2 Å². The maximum absolute atomic E-state index is 6.06. The van der Waals surface area contributed by atoms with Crippen molar-refractivity contribution in [1.82, 2.24) is 0 Å². The molecule has 4 rings (SSSR count). The SMILES string of the molecule is Clc1ccc(C2=NN(c3ccccc3)[C@H](c3ccc(Cl)cc3)C2)cc1. The highest BCUT2D eigenvalue weighted by Crippen LogP contribution is 2.37. The van der Waals surface area contributed by atoms with E-state index < -0.39 is 0 Å². The third-order valence-corrected chi connectivity index (χ3v) is 4.87. The van der Waals surface area contributed by atoms with E-state index in [0.717, 1.165) is 33.4 Å². The largest absolute Gasteiger partial charge is 0.257 e. The fourth-order valence-electron chi connectivity index (χ4n) is 3.09. The second kappa shape index (κ2) is 6.91. The van der Waals surface area contributed by atoms with Crippen LogP contribution in [0.25, 0.3) is 0 Å². The number of nitrogens with zero attached hydrogens (tertiary/aromatic N) is 2. The van der Waals surface area contributed by atoms with E-state index in [2.05, 4.69) is 29.3 Å². The van der Waals surface area contributed by atoms with Crippen LogP contribution in [0.4, 0.5) is 5.69 Å². The molecular weight excluding hydrogens is 351 g/mol. The molecule has 25 heavy (non-hydrogen) atoms. The Morgan fingerprint density at radius 2 is 1.36 bits per heavy atom. The van der Waals surface area contributed by atoms with Gasteiger partial charge >= 0.3 is 0 Å². The van der Waals surface area contributed by atoms with E-state index in [-0.39, 0.29) is 6.04 Å². The molecule has 0 fully saturated rings. The van der Waals surface area contributed by atoms with Gasteiger partial charge in [0.15, 0.2) is 0 Å². The second-order valence-corrected chi connectivity index (χ2v) is 6.88. The molecule has 124 valence electrons. The number of benzene rings is 3. The zero-order valence-electron chi connectivity index (χ0n) is 13.4. The average Bonchev–Trinajstić information content (AvgIpc) is 3.09. The quantitative estimate of drug-likeness (QED) is 0.527. The number of para-hydroxylation sites is 1. The van der Waals surface area contributed by atoms with Gasteiger partial charge in [-0.25, -0.2) is 0 Å². The maximum Gasteiger partial charge on any atom is 0.0831 e. The molecule has 0 spiro atoms. The molecule has 1 heterocycles. The Balaban J connectivity index is 1.73. The lowest BCUT2D eigenvalue weighted by Crippen LogP contribution is -2.18. The molecule has 0 saturated carbocycles. The van der Waals surface area contributed by atoms with E-state index in [0.29, 0.717) is 0 Å². The van der Waals surface area contributed by atoms with E-state index in [1.54, 1.807) is 0 Å². The molecule has 0 bridgehead atoms. The zero-order valence-corrected chi connectivity index (χ0v) is 15.0. The molecule has 1 aliphatic rings. The third kappa shape index (κ3) is 3.41. The van der Waals surface area contributed by atoms with Crippen LogP contribution in [0.15, 0.2) is 84.0 Å². The van der Waals surface area contributed by atoms with Crippen molar-refractivity contribution in [3.8, 4) is 0 Å². The standard InChI is InChI=1S/C21H16Cl2N2/c22-17-10-6-15(7-11-17)20-14-21(16-8-12-18(23)13-9-16)25(24-20)19-4-2-1-3-5-19/h1-13,21H,14H2/t21-/m0/s1. The first kappa shape index (κ1) is 16.2. The second-order valence-electron chi connectivity index (χ2n) is 6.01. The van der Waals surface area contributed by atoms with Crippen molar-refractivity contribution in [1.29, 1.82) is 0 Å². The molecule has 0 aromatic heterocycles. The molecule has 0 amide bonds. The van der Waals surface area contributed by atoms with E-state index in [9.17, 15) is 0 Å². The fourth-order valence-corrected chi connectivity index (χ4v) is 3.34. The molecule has 3 aromatic carbocycles. The first-order valence-corrected chi connectivity index (χ1v) is 8.89. The van der Waals surface area contributed by atoms with Gasteiger partial charge in [0.1, 0.15) is 0 Å². The first-order chi connectivity index (χ1) is 12.2. The van der Waals surface area contributed by atoms with Crippen molar-refractivity contribution in [2.75, 3.05) is 5.01 Å². The fraction of sp³-hybridized carbons (Fsp3) is 0.0952. The smallest absolute Gasteiger partial charge is 0.0831 e. The minimum atomic E-state index is 0.144. The number of rotatable bonds is 3. The van der Waals surface area contributed by atoms with Gasteiger partial charge in [0, 0.05) is 16.5 Å². The predicted molar refractivity (Wildman–Crippen MR) is 106 cm³/mol. The van der Waals surface area contributed by atoms with Gasteiger partial charge in [0.05, 0.1) is 17.4 Å². The van der Waals surface area contributed by atoms with Crippen molar-refractivity contribution in [2.45, 2.75) is 12.5 Å². The molecule has 1 atom stereocenters. The van der Waals surface area contributed by atoms with Gasteiger partial charge in [-0.05, 0) is 47.5 Å². The van der Waals surface area contributed by atoms with Crippen LogP contribution in [-0.4, -0.2) is 5.71 Å². The van der Waals surface area contributed by atoms with Crippen LogP contribution in [-0.2, 0) is 0 Å². The summed E-state index contributed by atoms with van der Waals surface area (Å²) in [6.45, 7) is 0. The molecule has 0 unspecified atom stereocenters. The number of anilines is 1. The lowest BCUT2D eigenvalue weighted by atomic mass is 9.98. The van der Waals surface area contributed by atoms with Gasteiger partial charge in [-0.2, -0.15) is 5.10 Å². The highest BCUT2D eigenvalue weighted by Gasteiger charge is 2.29. The highest BCUT2D eigenvalue weighted by atomic mass is 35.5. The Morgan fingerprint density at radius 3 is 2.00 bits per heavy atom. The number of hydrogen-bond donors (Lipinski definition) is 0. The summed E-state index contributed by atoms with van der Waals surface area (Å²) in [5.74, 6) is 0. The number of hydrogen-bond acceptors (Lipinski definition) is 2. The molecule has 0 N–H and O–H groups in total. The molecule has 4 heteroatoms. The summed E-state index contributed by atoms with van der Waals surface area (Å²) in [4.78, 5) is 0. The normalized spacial score (nSPS) is 16.8. The average molecular weight is 367 g/mol. The lowest BCUT2D eigenvalue weighted by Gasteiger charge is -2.24. The third-order valence-electron chi connectivity index (χ3n) is 4.36. The summed E-state index contributed by atoms with van der Waals surface area (Å²) < 4.78 is 0. The minimum absolute atomic E-state index is 0.144. The van der Waals surface area contributed by atoms with Gasteiger partial charge in [0.25, 0.3) is 0 Å². The Bertz CT molecular complexity index is 887. The Morgan fingerprint density at radius 1 is 0.760 bits per heavy atom. The number of halogens is 2. The topological polar surface area (TPSA) is 15.6 Å². The van der Waals surface area contributed by atoms with E-state index >= 15 is 0 Å². The van der Waals surface area contributed by atoms with Crippen molar-refractivity contribution in [3.05, 3.63) is 100 Å². The van der Waals surface area contributed by atoms with Gasteiger partial charge in [-0.1, -0.05) is 65.7 Å². The molecule has 0 saturated heterocycles. The predicted octanol–water partition coefficient (Wildman–Crippen LogP) is 6.35.